The standard InChI is InChI=1S/C13H20N2O/c1-15(2)12-5-3-11(4-6-12)13-7-10(9-16)8-14-13/h3-6,10,13-14,16H,7-9H2,1-2H3. The predicted octanol–water partition coefficient (Wildman–Crippen LogP) is 1.40. The van der Waals surface area contributed by atoms with Gasteiger partial charge in [0.1, 0.15) is 0 Å². The summed E-state index contributed by atoms with van der Waals surface area (Å²) < 4.78 is 0. The molecule has 1 aromatic carbocycles. The van der Waals surface area contributed by atoms with Crippen LogP contribution in [-0.4, -0.2) is 32.4 Å². The summed E-state index contributed by atoms with van der Waals surface area (Å²) in [4.78, 5) is 2.10. The number of nitrogens with zero attached hydrogens (tertiary/aromatic N) is 1. The van der Waals surface area contributed by atoms with Crippen LogP contribution in [0.3, 0.4) is 0 Å². The van der Waals surface area contributed by atoms with Crippen molar-refractivity contribution in [3.8, 4) is 0 Å². The van der Waals surface area contributed by atoms with Crippen molar-refractivity contribution in [3.63, 3.8) is 0 Å². The topological polar surface area (TPSA) is 35.5 Å². The lowest BCUT2D eigenvalue weighted by Crippen LogP contribution is -2.15. The minimum absolute atomic E-state index is 0.291. The van der Waals surface area contributed by atoms with Crippen molar-refractivity contribution in [2.24, 2.45) is 5.92 Å². The first-order valence-corrected chi connectivity index (χ1v) is 5.82. The van der Waals surface area contributed by atoms with Gasteiger partial charge in [0, 0.05) is 39.0 Å². The number of anilines is 1. The molecule has 0 spiro atoms. The molecule has 0 radical (unpaired) electrons. The zero-order chi connectivity index (χ0) is 11.5. The second-order valence-corrected chi connectivity index (χ2v) is 4.73. The molecular weight excluding hydrogens is 200 g/mol. The third-order valence-corrected chi connectivity index (χ3v) is 3.29. The van der Waals surface area contributed by atoms with Gasteiger partial charge in [-0.15, -0.1) is 0 Å². The number of hydrogen-bond acceptors (Lipinski definition) is 3. The van der Waals surface area contributed by atoms with Crippen LogP contribution in [0.2, 0.25) is 0 Å². The van der Waals surface area contributed by atoms with Crippen molar-refractivity contribution >= 4 is 5.69 Å². The molecule has 1 aromatic rings. The first kappa shape index (κ1) is 11.4. The second-order valence-electron chi connectivity index (χ2n) is 4.73. The highest BCUT2D eigenvalue weighted by Gasteiger charge is 2.24. The number of aliphatic hydroxyl groups excluding tert-OH is 1. The van der Waals surface area contributed by atoms with Gasteiger partial charge in [0.25, 0.3) is 0 Å². The maximum Gasteiger partial charge on any atom is 0.0472 e. The largest absolute Gasteiger partial charge is 0.396 e. The van der Waals surface area contributed by atoms with Crippen molar-refractivity contribution < 1.29 is 5.11 Å². The Kier molecular flexibility index (Phi) is 3.46. The molecule has 2 rings (SSSR count). The summed E-state index contributed by atoms with van der Waals surface area (Å²) in [5.41, 5.74) is 2.54. The number of aliphatic hydroxyl groups is 1. The molecule has 0 amide bonds. The molecule has 2 unspecified atom stereocenters. The lowest BCUT2D eigenvalue weighted by molar-refractivity contribution is 0.236. The van der Waals surface area contributed by atoms with E-state index in [0.717, 1.165) is 13.0 Å². The molecular formula is C13H20N2O. The lowest BCUT2D eigenvalue weighted by Gasteiger charge is -2.15. The number of hydrogen-bond donors (Lipinski definition) is 2. The van der Waals surface area contributed by atoms with E-state index >= 15 is 0 Å². The highest BCUT2D eigenvalue weighted by atomic mass is 16.3. The van der Waals surface area contributed by atoms with Crippen LogP contribution < -0.4 is 10.2 Å². The van der Waals surface area contributed by atoms with Gasteiger partial charge in [0.2, 0.25) is 0 Å². The molecule has 1 fully saturated rings. The monoisotopic (exact) mass is 220 g/mol. The van der Waals surface area contributed by atoms with Gasteiger partial charge in [-0.05, 0) is 30.0 Å². The van der Waals surface area contributed by atoms with Crippen LogP contribution in [0.15, 0.2) is 24.3 Å². The summed E-state index contributed by atoms with van der Waals surface area (Å²) in [5, 5.41) is 12.5. The molecule has 0 saturated carbocycles. The highest BCUT2D eigenvalue weighted by Crippen LogP contribution is 2.27. The van der Waals surface area contributed by atoms with Gasteiger partial charge in [0.05, 0.1) is 0 Å². The molecule has 0 aliphatic carbocycles. The minimum atomic E-state index is 0.291. The molecule has 1 aliphatic rings. The van der Waals surface area contributed by atoms with Gasteiger partial charge in [-0.3, -0.25) is 0 Å². The summed E-state index contributed by atoms with van der Waals surface area (Å²) in [5.74, 6) is 0.415. The van der Waals surface area contributed by atoms with Crippen LogP contribution in [0, 0.1) is 5.92 Å². The fourth-order valence-corrected chi connectivity index (χ4v) is 2.21. The Morgan fingerprint density at radius 3 is 2.50 bits per heavy atom. The average Bonchev–Trinajstić information content (AvgIpc) is 2.77. The van der Waals surface area contributed by atoms with E-state index in [0.29, 0.717) is 18.6 Å². The zero-order valence-electron chi connectivity index (χ0n) is 9.98. The molecule has 2 N–H and O–H groups in total. The van der Waals surface area contributed by atoms with Gasteiger partial charge in [-0.1, -0.05) is 12.1 Å². The van der Waals surface area contributed by atoms with Crippen LogP contribution >= 0.6 is 0 Å². The Balaban J connectivity index is 2.05. The van der Waals surface area contributed by atoms with Gasteiger partial charge < -0.3 is 15.3 Å². The smallest absolute Gasteiger partial charge is 0.0472 e. The molecule has 0 bridgehead atoms. The summed E-state index contributed by atoms with van der Waals surface area (Å²) in [7, 11) is 4.09. The third-order valence-electron chi connectivity index (χ3n) is 3.29. The first-order chi connectivity index (χ1) is 7.70. The quantitative estimate of drug-likeness (QED) is 0.808. The van der Waals surface area contributed by atoms with Crippen LogP contribution in [0.5, 0.6) is 0 Å². The van der Waals surface area contributed by atoms with E-state index in [4.69, 9.17) is 5.11 Å². The second kappa shape index (κ2) is 4.85. The Morgan fingerprint density at radius 1 is 1.31 bits per heavy atom. The van der Waals surface area contributed by atoms with E-state index in [1.165, 1.54) is 11.3 Å². The van der Waals surface area contributed by atoms with Crippen molar-refractivity contribution in [1.29, 1.82) is 0 Å². The van der Waals surface area contributed by atoms with Gasteiger partial charge in [-0.2, -0.15) is 0 Å². The molecule has 88 valence electrons. The fourth-order valence-electron chi connectivity index (χ4n) is 2.21. The first-order valence-electron chi connectivity index (χ1n) is 5.82. The van der Waals surface area contributed by atoms with Gasteiger partial charge in [-0.25, -0.2) is 0 Å². The Bertz CT molecular complexity index is 334. The van der Waals surface area contributed by atoms with E-state index < -0.39 is 0 Å². The SMILES string of the molecule is CN(C)c1ccc(C2CC(CO)CN2)cc1. The Labute approximate surface area is 97.1 Å². The van der Waals surface area contributed by atoms with E-state index in [1.807, 2.05) is 14.1 Å². The Hall–Kier alpha value is -1.06. The lowest BCUT2D eigenvalue weighted by atomic mass is 10.0. The number of rotatable bonds is 3. The highest BCUT2D eigenvalue weighted by molar-refractivity contribution is 5.46. The summed E-state index contributed by atoms with van der Waals surface area (Å²) in [6, 6.07) is 9.04. The minimum Gasteiger partial charge on any atom is -0.396 e. The van der Waals surface area contributed by atoms with Crippen molar-refractivity contribution in [2.45, 2.75) is 12.5 Å². The third kappa shape index (κ3) is 2.36. The van der Waals surface area contributed by atoms with E-state index in [2.05, 4.69) is 34.5 Å². The summed E-state index contributed by atoms with van der Waals surface area (Å²) in [6.45, 7) is 1.22. The number of benzene rings is 1. The van der Waals surface area contributed by atoms with Crippen molar-refractivity contribution in [3.05, 3.63) is 29.8 Å². The van der Waals surface area contributed by atoms with E-state index in [9.17, 15) is 0 Å². The summed E-state index contributed by atoms with van der Waals surface area (Å²) >= 11 is 0. The molecule has 3 nitrogen and oxygen atoms in total. The van der Waals surface area contributed by atoms with E-state index in [-0.39, 0.29) is 0 Å². The fraction of sp³-hybridized carbons (Fsp3) is 0.538. The predicted molar refractivity (Wildman–Crippen MR) is 66.7 cm³/mol. The molecule has 2 atom stereocenters. The van der Waals surface area contributed by atoms with Crippen molar-refractivity contribution in [2.75, 3.05) is 32.1 Å². The molecule has 1 heterocycles. The summed E-state index contributed by atoms with van der Waals surface area (Å²) in [6.07, 6.45) is 1.04. The van der Waals surface area contributed by atoms with Crippen LogP contribution in [0.4, 0.5) is 5.69 Å². The molecule has 0 aromatic heterocycles. The normalized spacial score (nSPS) is 24.7. The molecule has 1 saturated heterocycles. The zero-order valence-corrected chi connectivity index (χ0v) is 9.98. The van der Waals surface area contributed by atoms with Gasteiger partial charge >= 0.3 is 0 Å². The molecule has 1 aliphatic heterocycles. The maximum atomic E-state index is 9.10. The van der Waals surface area contributed by atoms with Crippen LogP contribution in [0.1, 0.15) is 18.0 Å². The number of nitrogens with one attached hydrogen (secondary N) is 1. The molecule has 3 heteroatoms. The van der Waals surface area contributed by atoms with Crippen molar-refractivity contribution in [1.82, 2.24) is 5.32 Å². The van der Waals surface area contributed by atoms with Gasteiger partial charge in [0.15, 0.2) is 0 Å². The molecule has 16 heavy (non-hydrogen) atoms. The van der Waals surface area contributed by atoms with E-state index in [1.54, 1.807) is 0 Å². The maximum absolute atomic E-state index is 9.10. The van der Waals surface area contributed by atoms with Crippen LogP contribution in [-0.2, 0) is 0 Å². The average molecular weight is 220 g/mol. The Morgan fingerprint density at radius 2 is 2.00 bits per heavy atom. The van der Waals surface area contributed by atoms with Crippen LogP contribution in [0.25, 0.3) is 0 Å².